The molecule has 0 amide bonds. The summed E-state index contributed by atoms with van der Waals surface area (Å²) in [6.45, 7) is 5.87. The van der Waals surface area contributed by atoms with Crippen LogP contribution in [0.2, 0.25) is 0 Å². The quantitative estimate of drug-likeness (QED) is 0.624. The van der Waals surface area contributed by atoms with Gasteiger partial charge in [0.2, 0.25) is 0 Å². The number of nitrogens with zero attached hydrogens (tertiary/aromatic N) is 2. The van der Waals surface area contributed by atoms with Crippen LogP contribution in [0.3, 0.4) is 0 Å². The monoisotopic (exact) mass is 162 g/mol. The smallest absolute Gasteiger partial charge is 0.0954 e. The van der Waals surface area contributed by atoms with Crippen molar-refractivity contribution in [2.75, 3.05) is 0 Å². The molecule has 2 nitrogen and oxygen atoms in total. The van der Waals surface area contributed by atoms with Crippen LogP contribution in [0, 0.1) is 0 Å². The Morgan fingerprint density at radius 2 is 2.50 bits per heavy atom. The van der Waals surface area contributed by atoms with Gasteiger partial charge in [0.1, 0.15) is 0 Å². The second-order valence-electron chi connectivity index (χ2n) is 3.50. The molecule has 1 atom stereocenters. The topological polar surface area (TPSA) is 17.8 Å². The standard InChI is InChI=1S/C10H14N2/c1-3-8(2)12-6-10(11-7-12)9-4-5-9/h3,6-9H,1,4-5H2,2H3. The molecular weight excluding hydrogens is 148 g/mol. The van der Waals surface area contributed by atoms with Gasteiger partial charge in [0.15, 0.2) is 0 Å². The fourth-order valence-corrected chi connectivity index (χ4v) is 1.29. The maximum Gasteiger partial charge on any atom is 0.0954 e. The number of aromatic nitrogens is 2. The number of imidazole rings is 1. The van der Waals surface area contributed by atoms with Gasteiger partial charge in [-0.1, -0.05) is 6.08 Å². The summed E-state index contributed by atoms with van der Waals surface area (Å²) in [6, 6.07) is 0.366. The van der Waals surface area contributed by atoms with Gasteiger partial charge in [-0.3, -0.25) is 0 Å². The fraction of sp³-hybridized carbons (Fsp3) is 0.500. The minimum absolute atomic E-state index is 0.366. The maximum absolute atomic E-state index is 4.36. The van der Waals surface area contributed by atoms with Crippen molar-refractivity contribution in [2.45, 2.75) is 31.7 Å². The van der Waals surface area contributed by atoms with Gasteiger partial charge in [0.05, 0.1) is 12.0 Å². The average molecular weight is 162 g/mol. The van der Waals surface area contributed by atoms with Gasteiger partial charge in [-0.2, -0.15) is 0 Å². The third kappa shape index (κ3) is 1.29. The molecule has 2 rings (SSSR count). The van der Waals surface area contributed by atoms with Crippen LogP contribution in [-0.4, -0.2) is 9.55 Å². The van der Waals surface area contributed by atoms with Crippen LogP contribution in [0.15, 0.2) is 25.2 Å². The van der Waals surface area contributed by atoms with Crippen molar-refractivity contribution in [3.8, 4) is 0 Å². The Balaban J connectivity index is 2.17. The van der Waals surface area contributed by atoms with E-state index in [0.29, 0.717) is 6.04 Å². The van der Waals surface area contributed by atoms with Crippen molar-refractivity contribution < 1.29 is 0 Å². The highest BCUT2D eigenvalue weighted by atomic mass is 15.1. The van der Waals surface area contributed by atoms with Gasteiger partial charge in [0, 0.05) is 18.2 Å². The third-order valence-corrected chi connectivity index (χ3v) is 2.43. The van der Waals surface area contributed by atoms with Crippen molar-refractivity contribution in [2.24, 2.45) is 0 Å². The first-order valence-corrected chi connectivity index (χ1v) is 4.47. The molecule has 1 aromatic rings. The summed E-state index contributed by atoms with van der Waals surface area (Å²) in [7, 11) is 0. The first kappa shape index (κ1) is 7.59. The second kappa shape index (κ2) is 2.77. The number of rotatable bonds is 3. The van der Waals surface area contributed by atoms with E-state index in [1.165, 1.54) is 18.5 Å². The number of hydrogen-bond donors (Lipinski definition) is 0. The maximum atomic E-state index is 4.36. The van der Waals surface area contributed by atoms with E-state index in [0.717, 1.165) is 5.92 Å². The van der Waals surface area contributed by atoms with Crippen molar-refractivity contribution in [3.63, 3.8) is 0 Å². The van der Waals surface area contributed by atoms with E-state index in [1.54, 1.807) is 0 Å². The van der Waals surface area contributed by atoms with E-state index in [-0.39, 0.29) is 0 Å². The van der Waals surface area contributed by atoms with Gasteiger partial charge in [0.25, 0.3) is 0 Å². The van der Waals surface area contributed by atoms with Crippen LogP contribution in [0.25, 0.3) is 0 Å². The van der Waals surface area contributed by atoms with Gasteiger partial charge in [-0.15, -0.1) is 6.58 Å². The summed E-state index contributed by atoms with van der Waals surface area (Å²) >= 11 is 0. The second-order valence-corrected chi connectivity index (χ2v) is 3.50. The Hall–Kier alpha value is -1.05. The zero-order chi connectivity index (χ0) is 8.55. The van der Waals surface area contributed by atoms with Crippen LogP contribution in [0.1, 0.15) is 37.4 Å². The van der Waals surface area contributed by atoms with E-state index in [9.17, 15) is 0 Å². The van der Waals surface area contributed by atoms with E-state index >= 15 is 0 Å². The molecule has 0 saturated heterocycles. The molecule has 0 aliphatic heterocycles. The summed E-state index contributed by atoms with van der Waals surface area (Å²) in [5, 5.41) is 0. The number of hydrogen-bond acceptors (Lipinski definition) is 1. The highest BCUT2D eigenvalue weighted by Gasteiger charge is 2.25. The van der Waals surface area contributed by atoms with Crippen molar-refractivity contribution in [1.29, 1.82) is 0 Å². The normalized spacial score (nSPS) is 19.1. The lowest BCUT2D eigenvalue weighted by Crippen LogP contribution is -1.97. The van der Waals surface area contributed by atoms with Crippen LogP contribution < -0.4 is 0 Å². The minimum atomic E-state index is 0.366. The van der Waals surface area contributed by atoms with Crippen molar-refractivity contribution in [3.05, 3.63) is 30.9 Å². The first-order valence-electron chi connectivity index (χ1n) is 4.47. The molecular formula is C10H14N2. The molecule has 2 heteroatoms. The zero-order valence-corrected chi connectivity index (χ0v) is 7.40. The van der Waals surface area contributed by atoms with Gasteiger partial charge < -0.3 is 4.57 Å². The molecule has 1 aliphatic carbocycles. The summed E-state index contributed by atoms with van der Waals surface area (Å²) in [6.07, 6.45) is 8.61. The van der Waals surface area contributed by atoms with Crippen molar-refractivity contribution >= 4 is 0 Å². The Morgan fingerprint density at radius 3 is 3.08 bits per heavy atom. The largest absolute Gasteiger partial charge is 0.331 e. The van der Waals surface area contributed by atoms with Crippen molar-refractivity contribution in [1.82, 2.24) is 9.55 Å². The molecule has 1 aliphatic rings. The van der Waals surface area contributed by atoms with E-state index in [1.807, 2.05) is 12.4 Å². The summed E-state index contributed by atoms with van der Waals surface area (Å²) in [5.74, 6) is 0.753. The highest BCUT2D eigenvalue weighted by Crippen LogP contribution is 2.39. The van der Waals surface area contributed by atoms with E-state index in [4.69, 9.17) is 0 Å². The molecule has 0 radical (unpaired) electrons. The predicted molar refractivity (Wildman–Crippen MR) is 49.1 cm³/mol. The lowest BCUT2D eigenvalue weighted by molar-refractivity contribution is 0.660. The Labute approximate surface area is 72.9 Å². The molecule has 0 aromatic carbocycles. The highest BCUT2D eigenvalue weighted by molar-refractivity contribution is 5.12. The molecule has 64 valence electrons. The molecule has 1 fully saturated rings. The molecule has 1 unspecified atom stereocenters. The van der Waals surface area contributed by atoms with Gasteiger partial charge in [-0.05, 0) is 19.8 Å². The molecule has 1 heterocycles. The number of allylic oxidation sites excluding steroid dienone is 1. The fourth-order valence-electron chi connectivity index (χ4n) is 1.29. The first-order chi connectivity index (χ1) is 5.81. The predicted octanol–water partition coefficient (Wildman–Crippen LogP) is 2.51. The van der Waals surface area contributed by atoms with Crippen LogP contribution in [0.5, 0.6) is 0 Å². The molecule has 12 heavy (non-hydrogen) atoms. The van der Waals surface area contributed by atoms with Crippen LogP contribution in [-0.2, 0) is 0 Å². The average Bonchev–Trinajstić information content (AvgIpc) is 2.83. The van der Waals surface area contributed by atoms with Gasteiger partial charge in [-0.25, -0.2) is 4.98 Å². The minimum Gasteiger partial charge on any atom is -0.331 e. The van der Waals surface area contributed by atoms with Crippen LogP contribution >= 0.6 is 0 Å². The van der Waals surface area contributed by atoms with E-state index < -0.39 is 0 Å². The lowest BCUT2D eigenvalue weighted by Gasteiger charge is -2.05. The molecule has 1 saturated carbocycles. The molecule has 1 aromatic heterocycles. The summed E-state index contributed by atoms with van der Waals surface area (Å²) in [5.41, 5.74) is 1.25. The zero-order valence-electron chi connectivity index (χ0n) is 7.40. The Bertz CT molecular complexity index is 284. The third-order valence-electron chi connectivity index (χ3n) is 2.43. The summed E-state index contributed by atoms with van der Waals surface area (Å²) in [4.78, 5) is 4.36. The van der Waals surface area contributed by atoms with Crippen LogP contribution in [0.4, 0.5) is 0 Å². The van der Waals surface area contributed by atoms with E-state index in [2.05, 4.69) is 29.3 Å². The SMILES string of the molecule is C=CC(C)n1cnc(C2CC2)c1. The summed E-state index contributed by atoms with van der Waals surface area (Å²) < 4.78 is 2.11. The molecule has 0 spiro atoms. The van der Waals surface area contributed by atoms with Gasteiger partial charge >= 0.3 is 0 Å². The lowest BCUT2D eigenvalue weighted by atomic mass is 10.3. The Morgan fingerprint density at radius 1 is 1.75 bits per heavy atom. The molecule has 0 bridgehead atoms. The Kier molecular flexibility index (Phi) is 1.75. The molecule has 0 N–H and O–H groups in total.